The van der Waals surface area contributed by atoms with Crippen LogP contribution in [0.3, 0.4) is 0 Å². The molecule has 31 heavy (non-hydrogen) atoms. The molecule has 158 valence electrons. The fourth-order valence-corrected chi connectivity index (χ4v) is 3.43. The highest BCUT2D eigenvalue weighted by atomic mass is 32.1. The lowest BCUT2D eigenvalue weighted by Gasteiger charge is -2.10. The molecule has 2 aromatic carbocycles. The molecule has 1 atom stereocenters. The SMILES string of the molecule is Cc1ccc(-c2nnc(C(C)OC(=O)c3cccc(OCc4csc(C)n4)c3)o2)cc1. The molecule has 0 bridgehead atoms. The molecule has 8 heteroatoms. The van der Waals surface area contributed by atoms with Gasteiger partial charge in [0.15, 0.2) is 6.10 Å². The second-order valence-electron chi connectivity index (χ2n) is 7.03. The van der Waals surface area contributed by atoms with Gasteiger partial charge in [-0.2, -0.15) is 0 Å². The van der Waals surface area contributed by atoms with Crippen molar-refractivity contribution in [1.29, 1.82) is 0 Å². The first-order valence-electron chi connectivity index (χ1n) is 9.73. The minimum absolute atomic E-state index is 0.232. The van der Waals surface area contributed by atoms with Crippen molar-refractivity contribution in [3.05, 3.63) is 81.6 Å². The maximum Gasteiger partial charge on any atom is 0.339 e. The molecule has 0 aliphatic carbocycles. The number of rotatable bonds is 7. The summed E-state index contributed by atoms with van der Waals surface area (Å²) in [5.41, 5.74) is 3.17. The summed E-state index contributed by atoms with van der Waals surface area (Å²) in [4.78, 5) is 17.0. The van der Waals surface area contributed by atoms with Gasteiger partial charge >= 0.3 is 5.97 Å². The highest BCUT2D eigenvalue weighted by Crippen LogP contribution is 2.24. The lowest BCUT2D eigenvalue weighted by molar-refractivity contribution is 0.0279. The Hall–Kier alpha value is -3.52. The summed E-state index contributed by atoms with van der Waals surface area (Å²) in [7, 11) is 0. The van der Waals surface area contributed by atoms with Crippen LogP contribution in [-0.2, 0) is 11.3 Å². The molecule has 1 unspecified atom stereocenters. The van der Waals surface area contributed by atoms with Crippen LogP contribution >= 0.6 is 11.3 Å². The first-order chi connectivity index (χ1) is 15.0. The van der Waals surface area contributed by atoms with Gasteiger partial charge in [-0.25, -0.2) is 9.78 Å². The van der Waals surface area contributed by atoms with E-state index in [9.17, 15) is 4.79 Å². The number of thiazole rings is 1. The second kappa shape index (κ2) is 9.09. The first-order valence-corrected chi connectivity index (χ1v) is 10.6. The van der Waals surface area contributed by atoms with E-state index in [1.807, 2.05) is 43.5 Å². The zero-order chi connectivity index (χ0) is 21.8. The van der Waals surface area contributed by atoms with Gasteiger partial charge in [0.1, 0.15) is 12.4 Å². The first kappa shape index (κ1) is 20.7. The zero-order valence-corrected chi connectivity index (χ0v) is 18.2. The predicted octanol–water partition coefficient (Wildman–Crippen LogP) is 5.31. The quantitative estimate of drug-likeness (QED) is 0.364. The van der Waals surface area contributed by atoms with Crippen LogP contribution in [0.1, 0.15) is 45.5 Å². The molecule has 0 radical (unpaired) electrons. The Kier molecular flexibility index (Phi) is 6.08. The van der Waals surface area contributed by atoms with E-state index in [4.69, 9.17) is 13.9 Å². The monoisotopic (exact) mass is 435 g/mol. The van der Waals surface area contributed by atoms with E-state index in [0.29, 0.717) is 23.8 Å². The molecule has 0 spiro atoms. The molecule has 7 nitrogen and oxygen atoms in total. The number of hydrogen-bond acceptors (Lipinski definition) is 8. The van der Waals surface area contributed by atoms with Gasteiger partial charge in [-0.3, -0.25) is 0 Å². The van der Waals surface area contributed by atoms with Gasteiger partial charge in [-0.05, 0) is 51.1 Å². The number of benzene rings is 2. The summed E-state index contributed by atoms with van der Waals surface area (Å²) in [5, 5.41) is 11.0. The van der Waals surface area contributed by atoms with Crippen molar-refractivity contribution in [2.45, 2.75) is 33.5 Å². The fourth-order valence-electron chi connectivity index (χ4n) is 2.84. The van der Waals surface area contributed by atoms with Crippen LogP contribution in [-0.4, -0.2) is 21.2 Å². The number of aryl methyl sites for hydroxylation is 2. The number of esters is 1. The molecular weight excluding hydrogens is 414 g/mol. The Balaban J connectivity index is 1.39. The van der Waals surface area contributed by atoms with Crippen molar-refractivity contribution in [2.75, 3.05) is 0 Å². The Morgan fingerprint density at radius 2 is 1.94 bits per heavy atom. The van der Waals surface area contributed by atoms with E-state index in [0.717, 1.165) is 21.8 Å². The third-order valence-corrected chi connectivity index (χ3v) is 5.32. The van der Waals surface area contributed by atoms with E-state index in [2.05, 4.69) is 15.2 Å². The van der Waals surface area contributed by atoms with Gasteiger partial charge in [0.2, 0.25) is 5.89 Å². The summed E-state index contributed by atoms with van der Waals surface area (Å²) in [6, 6.07) is 14.6. The molecule has 4 aromatic rings. The maximum absolute atomic E-state index is 12.6. The average molecular weight is 436 g/mol. The molecule has 0 saturated heterocycles. The predicted molar refractivity (Wildman–Crippen MR) is 116 cm³/mol. The summed E-state index contributed by atoms with van der Waals surface area (Å²) >= 11 is 1.57. The molecule has 0 fully saturated rings. The minimum atomic E-state index is -0.693. The van der Waals surface area contributed by atoms with Crippen LogP contribution in [0, 0.1) is 13.8 Å². The summed E-state index contributed by atoms with van der Waals surface area (Å²) in [6.45, 7) is 5.97. The molecule has 0 amide bonds. The second-order valence-corrected chi connectivity index (χ2v) is 8.10. The number of aromatic nitrogens is 3. The van der Waals surface area contributed by atoms with Gasteiger partial charge in [0.25, 0.3) is 5.89 Å². The molecule has 0 aliphatic heterocycles. The van der Waals surface area contributed by atoms with Gasteiger partial charge in [-0.1, -0.05) is 23.8 Å². The van der Waals surface area contributed by atoms with E-state index < -0.39 is 12.1 Å². The van der Waals surface area contributed by atoms with Crippen LogP contribution in [0.4, 0.5) is 0 Å². The highest BCUT2D eigenvalue weighted by Gasteiger charge is 2.20. The number of carbonyl (C=O) groups excluding carboxylic acids is 1. The Bertz CT molecular complexity index is 1180. The molecule has 0 N–H and O–H groups in total. The van der Waals surface area contributed by atoms with Crippen molar-refractivity contribution in [2.24, 2.45) is 0 Å². The number of hydrogen-bond donors (Lipinski definition) is 0. The molecule has 0 aliphatic rings. The van der Waals surface area contributed by atoms with Crippen molar-refractivity contribution >= 4 is 17.3 Å². The van der Waals surface area contributed by atoms with Gasteiger partial charge < -0.3 is 13.9 Å². The average Bonchev–Trinajstić information content (AvgIpc) is 3.42. The van der Waals surface area contributed by atoms with Gasteiger partial charge in [0.05, 0.1) is 16.3 Å². The largest absolute Gasteiger partial charge is 0.487 e. The minimum Gasteiger partial charge on any atom is -0.487 e. The van der Waals surface area contributed by atoms with Gasteiger partial charge in [0, 0.05) is 10.9 Å². The highest BCUT2D eigenvalue weighted by molar-refractivity contribution is 7.09. The standard InChI is InChI=1S/C23H21N3O4S/c1-14-7-9-17(10-8-14)22-26-25-21(30-22)15(2)29-23(27)18-5-4-6-20(11-18)28-12-19-13-31-16(3)24-19/h4-11,13,15H,12H2,1-3H3. The topological polar surface area (TPSA) is 87.3 Å². The number of nitrogens with zero attached hydrogens (tertiary/aromatic N) is 3. The third kappa shape index (κ3) is 5.16. The smallest absolute Gasteiger partial charge is 0.339 e. The Morgan fingerprint density at radius 3 is 2.68 bits per heavy atom. The fraction of sp³-hybridized carbons (Fsp3) is 0.217. The lowest BCUT2D eigenvalue weighted by Crippen LogP contribution is -2.10. The van der Waals surface area contributed by atoms with Crippen molar-refractivity contribution < 1.29 is 18.7 Å². The van der Waals surface area contributed by atoms with E-state index in [1.54, 1.807) is 42.5 Å². The Labute approximate surface area is 183 Å². The third-order valence-electron chi connectivity index (χ3n) is 4.49. The molecule has 4 rings (SSSR count). The zero-order valence-electron chi connectivity index (χ0n) is 17.4. The van der Waals surface area contributed by atoms with Crippen LogP contribution in [0.25, 0.3) is 11.5 Å². The normalized spacial score (nSPS) is 11.8. The number of carbonyl (C=O) groups is 1. The van der Waals surface area contributed by atoms with Gasteiger partial charge in [-0.15, -0.1) is 21.5 Å². The van der Waals surface area contributed by atoms with E-state index >= 15 is 0 Å². The maximum atomic E-state index is 12.6. The van der Waals surface area contributed by atoms with Crippen LogP contribution in [0.5, 0.6) is 5.75 Å². The molecule has 2 aromatic heterocycles. The van der Waals surface area contributed by atoms with Crippen LogP contribution in [0.15, 0.2) is 58.3 Å². The number of ether oxygens (including phenoxy) is 2. The van der Waals surface area contributed by atoms with Crippen LogP contribution < -0.4 is 4.74 Å². The van der Waals surface area contributed by atoms with E-state index in [-0.39, 0.29) is 5.89 Å². The summed E-state index contributed by atoms with van der Waals surface area (Å²) < 4.78 is 16.9. The molecule has 0 saturated carbocycles. The van der Waals surface area contributed by atoms with Crippen molar-refractivity contribution in [3.63, 3.8) is 0 Å². The summed E-state index contributed by atoms with van der Waals surface area (Å²) in [6.07, 6.45) is -0.693. The molecule has 2 heterocycles. The van der Waals surface area contributed by atoms with Crippen LogP contribution in [0.2, 0.25) is 0 Å². The van der Waals surface area contributed by atoms with Crippen molar-refractivity contribution in [3.8, 4) is 17.2 Å². The Morgan fingerprint density at radius 1 is 1.13 bits per heavy atom. The summed E-state index contributed by atoms with van der Waals surface area (Å²) in [5.74, 6) is 0.672. The molecular formula is C23H21N3O4S. The lowest BCUT2D eigenvalue weighted by atomic mass is 10.1. The van der Waals surface area contributed by atoms with E-state index in [1.165, 1.54) is 0 Å². The van der Waals surface area contributed by atoms with Crippen molar-refractivity contribution in [1.82, 2.24) is 15.2 Å².